The van der Waals surface area contributed by atoms with Crippen LogP contribution in [0.4, 0.5) is 5.69 Å². The average Bonchev–Trinajstić information content (AvgIpc) is 2.17. The molecule has 16 heavy (non-hydrogen) atoms. The Balaban J connectivity index is 2.40. The van der Waals surface area contributed by atoms with Crippen molar-refractivity contribution in [1.29, 1.82) is 0 Å². The van der Waals surface area contributed by atoms with Gasteiger partial charge in [-0.15, -0.1) is 0 Å². The van der Waals surface area contributed by atoms with E-state index in [4.69, 9.17) is 9.47 Å². The van der Waals surface area contributed by atoms with Crippen LogP contribution in [0.15, 0.2) is 16.6 Å². The molecule has 0 spiro atoms. The number of fused-ring (bicyclic) bond motifs is 1. The lowest BCUT2D eigenvalue weighted by atomic mass is 10.2. The second kappa shape index (κ2) is 4.14. The van der Waals surface area contributed by atoms with Crippen LogP contribution >= 0.6 is 15.9 Å². The summed E-state index contributed by atoms with van der Waals surface area (Å²) in [4.78, 5) is 0. The normalized spacial score (nSPS) is 14.6. The second-order valence-electron chi connectivity index (χ2n) is 3.35. The van der Waals surface area contributed by atoms with Crippen molar-refractivity contribution in [2.75, 3.05) is 24.2 Å². The Hall–Kier alpha value is -0.950. The number of hydrogen-bond acceptors (Lipinski definition) is 4. The summed E-state index contributed by atoms with van der Waals surface area (Å²) in [7, 11) is -3.30. The van der Waals surface area contributed by atoms with Gasteiger partial charge in [-0.25, -0.2) is 8.42 Å². The molecule has 0 aromatic heterocycles. The van der Waals surface area contributed by atoms with E-state index in [0.29, 0.717) is 34.9 Å². The fraction of sp³-hybridized carbons (Fsp3) is 0.333. The van der Waals surface area contributed by atoms with E-state index < -0.39 is 10.0 Å². The number of ether oxygens (including phenoxy) is 2. The van der Waals surface area contributed by atoms with Crippen molar-refractivity contribution in [3.63, 3.8) is 0 Å². The molecule has 0 radical (unpaired) electrons. The van der Waals surface area contributed by atoms with Crippen LogP contribution in [-0.2, 0) is 10.0 Å². The predicted octanol–water partition coefficient (Wildman–Crippen LogP) is 1.59. The zero-order valence-corrected chi connectivity index (χ0v) is 10.9. The van der Waals surface area contributed by atoms with Crippen LogP contribution in [0, 0.1) is 0 Å². The van der Waals surface area contributed by atoms with E-state index in [2.05, 4.69) is 20.7 Å². The molecule has 0 saturated carbocycles. The zero-order chi connectivity index (χ0) is 11.8. The van der Waals surface area contributed by atoms with Crippen LogP contribution in [0.1, 0.15) is 0 Å². The van der Waals surface area contributed by atoms with Gasteiger partial charge in [-0.05, 0) is 15.9 Å². The van der Waals surface area contributed by atoms with Crippen molar-refractivity contribution >= 4 is 31.6 Å². The molecule has 2 rings (SSSR count). The maximum absolute atomic E-state index is 11.1. The lowest BCUT2D eigenvalue weighted by molar-refractivity contribution is 0.171. The largest absolute Gasteiger partial charge is 0.486 e. The fourth-order valence-electron chi connectivity index (χ4n) is 1.34. The quantitative estimate of drug-likeness (QED) is 0.901. The van der Waals surface area contributed by atoms with Gasteiger partial charge >= 0.3 is 0 Å². The third kappa shape index (κ3) is 2.59. The van der Waals surface area contributed by atoms with E-state index in [0.717, 1.165) is 6.26 Å². The van der Waals surface area contributed by atoms with Gasteiger partial charge in [0.1, 0.15) is 13.2 Å². The third-order valence-corrected chi connectivity index (χ3v) is 3.17. The van der Waals surface area contributed by atoms with Crippen LogP contribution < -0.4 is 14.2 Å². The van der Waals surface area contributed by atoms with Crippen LogP contribution in [0.25, 0.3) is 0 Å². The first-order valence-corrected chi connectivity index (χ1v) is 7.21. The fourth-order valence-corrected chi connectivity index (χ4v) is 2.46. The van der Waals surface area contributed by atoms with Gasteiger partial charge in [-0.3, -0.25) is 4.72 Å². The van der Waals surface area contributed by atoms with Gasteiger partial charge in [0.15, 0.2) is 11.5 Å². The van der Waals surface area contributed by atoms with E-state index >= 15 is 0 Å². The predicted molar refractivity (Wildman–Crippen MR) is 63.6 cm³/mol. The van der Waals surface area contributed by atoms with Crippen LogP contribution in [0.3, 0.4) is 0 Å². The molecule has 1 N–H and O–H groups in total. The molecule has 5 nitrogen and oxygen atoms in total. The summed E-state index contributed by atoms with van der Waals surface area (Å²) < 4.78 is 35.9. The van der Waals surface area contributed by atoms with Crippen LogP contribution in [0.5, 0.6) is 11.5 Å². The molecular formula is C9H10BrNO4S. The third-order valence-electron chi connectivity index (χ3n) is 1.93. The number of nitrogens with one attached hydrogen (secondary N) is 1. The molecule has 1 aromatic carbocycles. The minimum Gasteiger partial charge on any atom is -0.486 e. The summed E-state index contributed by atoms with van der Waals surface area (Å²) in [6, 6.07) is 3.28. The number of halogens is 1. The lowest BCUT2D eigenvalue weighted by Crippen LogP contribution is -2.16. The molecule has 0 saturated heterocycles. The van der Waals surface area contributed by atoms with Crippen molar-refractivity contribution < 1.29 is 17.9 Å². The summed E-state index contributed by atoms with van der Waals surface area (Å²) in [6.45, 7) is 0.964. The van der Waals surface area contributed by atoms with Gasteiger partial charge in [0, 0.05) is 16.6 Å². The molecule has 0 atom stereocenters. The van der Waals surface area contributed by atoms with Gasteiger partial charge < -0.3 is 9.47 Å². The number of anilines is 1. The molecular weight excluding hydrogens is 298 g/mol. The molecule has 1 aromatic rings. The highest BCUT2D eigenvalue weighted by atomic mass is 79.9. The minimum absolute atomic E-state index is 0.437. The summed E-state index contributed by atoms with van der Waals surface area (Å²) in [5, 5.41) is 0. The lowest BCUT2D eigenvalue weighted by Gasteiger charge is -2.20. The van der Waals surface area contributed by atoms with Crippen molar-refractivity contribution in [2.45, 2.75) is 0 Å². The molecule has 7 heteroatoms. The number of benzene rings is 1. The van der Waals surface area contributed by atoms with E-state index in [1.165, 1.54) is 0 Å². The van der Waals surface area contributed by atoms with E-state index in [-0.39, 0.29) is 0 Å². The molecule has 0 aliphatic carbocycles. The Labute approximate surface area is 102 Å². The molecule has 0 amide bonds. The zero-order valence-electron chi connectivity index (χ0n) is 8.49. The van der Waals surface area contributed by atoms with Gasteiger partial charge in [-0.2, -0.15) is 0 Å². The Bertz CT molecular complexity index is 514. The topological polar surface area (TPSA) is 64.6 Å². The standard InChI is InChI=1S/C9H10BrNO4S/c1-16(12,13)11-7-5-9-8(4-6(7)10)14-2-3-15-9/h4-5,11H,2-3H2,1H3. The average molecular weight is 308 g/mol. The molecule has 1 heterocycles. The monoisotopic (exact) mass is 307 g/mol. The molecule has 88 valence electrons. The number of sulfonamides is 1. The minimum atomic E-state index is -3.30. The first kappa shape index (κ1) is 11.5. The van der Waals surface area contributed by atoms with Gasteiger partial charge in [0.2, 0.25) is 10.0 Å². The highest BCUT2D eigenvalue weighted by Crippen LogP contribution is 2.38. The first-order valence-electron chi connectivity index (χ1n) is 4.52. The van der Waals surface area contributed by atoms with E-state index in [1.807, 2.05) is 0 Å². The summed E-state index contributed by atoms with van der Waals surface area (Å²) in [5.74, 6) is 1.15. The summed E-state index contributed by atoms with van der Waals surface area (Å²) in [6.07, 6.45) is 1.09. The SMILES string of the molecule is CS(=O)(=O)Nc1cc2c(cc1Br)OCCO2. The highest BCUT2D eigenvalue weighted by molar-refractivity contribution is 9.10. The molecule has 0 bridgehead atoms. The maximum Gasteiger partial charge on any atom is 0.229 e. The Kier molecular flexibility index (Phi) is 2.98. The summed E-state index contributed by atoms with van der Waals surface area (Å²) in [5.41, 5.74) is 0.437. The number of hydrogen-bond donors (Lipinski definition) is 1. The van der Waals surface area contributed by atoms with Gasteiger partial charge in [-0.1, -0.05) is 0 Å². The number of rotatable bonds is 2. The first-order chi connectivity index (χ1) is 7.46. The molecule has 1 aliphatic rings. The Morgan fingerprint density at radius 2 is 1.81 bits per heavy atom. The Morgan fingerprint density at radius 1 is 1.25 bits per heavy atom. The second-order valence-corrected chi connectivity index (χ2v) is 5.95. The maximum atomic E-state index is 11.1. The van der Waals surface area contributed by atoms with Gasteiger partial charge in [0.25, 0.3) is 0 Å². The van der Waals surface area contributed by atoms with Gasteiger partial charge in [0.05, 0.1) is 11.9 Å². The van der Waals surface area contributed by atoms with Crippen LogP contribution in [-0.4, -0.2) is 27.9 Å². The van der Waals surface area contributed by atoms with E-state index in [1.54, 1.807) is 12.1 Å². The summed E-state index contributed by atoms with van der Waals surface area (Å²) >= 11 is 3.27. The van der Waals surface area contributed by atoms with Crippen molar-refractivity contribution in [2.24, 2.45) is 0 Å². The van der Waals surface area contributed by atoms with Crippen molar-refractivity contribution in [3.05, 3.63) is 16.6 Å². The highest BCUT2D eigenvalue weighted by Gasteiger charge is 2.16. The van der Waals surface area contributed by atoms with E-state index in [9.17, 15) is 8.42 Å². The molecule has 1 aliphatic heterocycles. The van der Waals surface area contributed by atoms with Crippen LogP contribution in [0.2, 0.25) is 0 Å². The smallest absolute Gasteiger partial charge is 0.229 e. The van der Waals surface area contributed by atoms with Crippen molar-refractivity contribution in [3.8, 4) is 11.5 Å². The molecule has 0 fully saturated rings. The Morgan fingerprint density at radius 3 is 2.38 bits per heavy atom. The van der Waals surface area contributed by atoms with Crippen molar-refractivity contribution in [1.82, 2.24) is 0 Å². The molecule has 0 unspecified atom stereocenters.